The third kappa shape index (κ3) is 2.93. The third-order valence-corrected chi connectivity index (χ3v) is 2.74. The second kappa shape index (κ2) is 4.76. The zero-order chi connectivity index (χ0) is 14.0. The number of alkyl halides is 3. The number of halogens is 3. The van der Waals surface area contributed by atoms with E-state index in [9.17, 15) is 13.2 Å². The highest BCUT2D eigenvalue weighted by Gasteiger charge is 2.29. The van der Waals surface area contributed by atoms with Crippen molar-refractivity contribution in [3.05, 3.63) is 59.7 Å². The Kier molecular flexibility index (Phi) is 3.29. The first-order valence-corrected chi connectivity index (χ1v) is 5.50. The van der Waals surface area contributed by atoms with Crippen molar-refractivity contribution in [2.45, 2.75) is 6.18 Å². The number of hydrogen-bond donors (Lipinski definition) is 2. The maximum absolute atomic E-state index is 12.4. The molecule has 0 fully saturated rings. The van der Waals surface area contributed by atoms with Gasteiger partial charge in [-0.3, -0.25) is 5.41 Å². The second-order valence-electron chi connectivity index (χ2n) is 4.07. The van der Waals surface area contributed by atoms with Gasteiger partial charge in [0.2, 0.25) is 0 Å². The van der Waals surface area contributed by atoms with Gasteiger partial charge >= 0.3 is 6.18 Å². The van der Waals surface area contributed by atoms with E-state index in [2.05, 4.69) is 0 Å². The summed E-state index contributed by atoms with van der Waals surface area (Å²) < 4.78 is 37.3. The van der Waals surface area contributed by atoms with E-state index in [4.69, 9.17) is 11.1 Å². The van der Waals surface area contributed by atoms with Crippen LogP contribution in [0.5, 0.6) is 0 Å². The number of nitrogens with one attached hydrogen (secondary N) is 1. The quantitative estimate of drug-likeness (QED) is 0.631. The fraction of sp³-hybridized carbons (Fsp3) is 0.0714. The van der Waals surface area contributed by atoms with Gasteiger partial charge in [0, 0.05) is 5.56 Å². The number of nitrogens with two attached hydrogens (primary N) is 1. The maximum Gasteiger partial charge on any atom is 0.416 e. The van der Waals surface area contributed by atoms with Crippen molar-refractivity contribution >= 4 is 5.84 Å². The molecule has 2 aromatic rings. The van der Waals surface area contributed by atoms with Crippen molar-refractivity contribution in [2.24, 2.45) is 5.73 Å². The van der Waals surface area contributed by atoms with Gasteiger partial charge in [-0.15, -0.1) is 0 Å². The Morgan fingerprint density at radius 1 is 0.842 bits per heavy atom. The summed E-state index contributed by atoms with van der Waals surface area (Å²) in [5, 5.41) is 7.26. The minimum atomic E-state index is -4.32. The lowest BCUT2D eigenvalue weighted by Crippen LogP contribution is -2.10. The van der Waals surface area contributed by atoms with Crippen LogP contribution in [-0.4, -0.2) is 5.84 Å². The van der Waals surface area contributed by atoms with Crippen LogP contribution >= 0.6 is 0 Å². The molecular weight excluding hydrogens is 253 g/mol. The van der Waals surface area contributed by atoms with E-state index in [1.165, 1.54) is 12.1 Å². The molecule has 0 atom stereocenters. The van der Waals surface area contributed by atoms with Crippen molar-refractivity contribution in [3.8, 4) is 11.1 Å². The predicted octanol–water partition coefficient (Wildman–Crippen LogP) is 3.66. The molecule has 98 valence electrons. The van der Waals surface area contributed by atoms with E-state index in [-0.39, 0.29) is 5.84 Å². The van der Waals surface area contributed by atoms with Crippen molar-refractivity contribution in [3.63, 3.8) is 0 Å². The summed E-state index contributed by atoms with van der Waals surface area (Å²) in [5.74, 6) is -0.0426. The highest BCUT2D eigenvalue weighted by molar-refractivity contribution is 5.95. The van der Waals surface area contributed by atoms with Gasteiger partial charge in [-0.1, -0.05) is 36.4 Å². The summed E-state index contributed by atoms with van der Waals surface area (Å²) in [6, 6.07) is 11.7. The average molecular weight is 264 g/mol. The van der Waals surface area contributed by atoms with Gasteiger partial charge in [-0.05, 0) is 23.3 Å². The van der Waals surface area contributed by atoms with Crippen LogP contribution in [0.1, 0.15) is 11.1 Å². The summed E-state index contributed by atoms with van der Waals surface area (Å²) >= 11 is 0. The summed E-state index contributed by atoms with van der Waals surface area (Å²) in [6.45, 7) is 0. The molecule has 0 unspecified atom stereocenters. The molecule has 0 radical (unpaired) electrons. The molecule has 0 heterocycles. The molecule has 5 heteroatoms. The molecule has 0 saturated heterocycles. The first-order chi connectivity index (χ1) is 8.88. The Bertz CT molecular complexity index is 584. The van der Waals surface area contributed by atoms with Crippen LogP contribution in [0.15, 0.2) is 48.5 Å². The molecule has 0 saturated carbocycles. The molecule has 2 rings (SSSR count). The summed E-state index contributed by atoms with van der Waals surface area (Å²) in [6.07, 6.45) is -4.32. The number of nitrogen functional groups attached to an aromatic ring is 1. The number of benzene rings is 2. The van der Waals surface area contributed by atoms with Crippen LogP contribution in [-0.2, 0) is 6.18 Å². The van der Waals surface area contributed by atoms with Crippen LogP contribution in [0.25, 0.3) is 11.1 Å². The molecule has 0 amide bonds. The Morgan fingerprint density at radius 2 is 1.26 bits per heavy atom. The van der Waals surface area contributed by atoms with E-state index in [0.717, 1.165) is 17.7 Å². The standard InChI is InChI=1S/C14H11F3N2/c15-14(16,17)12-7-5-10(6-8-12)9-1-3-11(4-2-9)13(18)19/h1-8H,(H3,18,19). The van der Waals surface area contributed by atoms with Gasteiger partial charge in [0.05, 0.1) is 5.56 Å². The normalized spacial score (nSPS) is 11.3. The molecule has 0 aliphatic rings. The van der Waals surface area contributed by atoms with Gasteiger partial charge < -0.3 is 5.73 Å². The first kappa shape index (κ1) is 13.1. The fourth-order valence-corrected chi connectivity index (χ4v) is 1.69. The molecule has 0 aromatic heterocycles. The Hall–Kier alpha value is -2.30. The van der Waals surface area contributed by atoms with Gasteiger partial charge in [0.25, 0.3) is 0 Å². The molecule has 2 aromatic carbocycles. The Balaban J connectivity index is 2.30. The van der Waals surface area contributed by atoms with E-state index in [1.807, 2.05) is 0 Å². The highest BCUT2D eigenvalue weighted by atomic mass is 19.4. The molecule has 0 bridgehead atoms. The van der Waals surface area contributed by atoms with Gasteiger partial charge in [-0.25, -0.2) is 0 Å². The van der Waals surface area contributed by atoms with Gasteiger partial charge in [0.1, 0.15) is 5.84 Å². The van der Waals surface area contributed by atoms with E-state index >= 15 is 0 Å². The second-order valence-corrected chi connectivity index (χ2v) is 4.07. The average Bonchev–Trinajstić information content (AvgIpc) is 2.38. The van der Waals surface area contributed by atoms with Crippen LogP contribution in [0, 0.1) is 5.41 Å². The van der Waals surface area contributed by atoms with Crippen LogP contribution in [0.2, 0.25) is 0 Å². The monoisotopic (exact) mass is 264 g/mol. The van der Waals surface area contributed by atoms with Gasteiger partial charge in [-0.2, -0.15) is 13.2 Å². The van der Waals surface area contributed by atoms with Crippen molar-refractivity contribution in [1.82, 2.24) is 0 Å². The van der Waals surface area contributed by atoms with Crippen molar-refractivity contribution in [2.75, 3.05) is 0 Å². The number of hydrogen-bond acceptors (Lipinski definition) is 1. The molecule has 3 N–H and O–H groups in total. The van der Waals surface area contributed by atoms with Crippen molar-refractivity contribution in [1.29, 1.82) is 5.41 Å². The lowest BCUT2D eigenvalue weighted by molar-refractivity contribution is -0.137. The molecule has 0 aliphatic carbocycles. The van der Waals surface area contributed by atoms with Crippen LogP contribution in [0.3, 0.4) is 0 Å². The Labute approximate surface area is 108 Å². The number of amidine groups is 1. The molecule has 0 aliphatic heterocycles. The largest absolute Gasteiger partial charge is 0.416 e. The first-order valence-electron chi connectivity index (χ1n) is 5.50. The van der Waals surface area contributed by atoms with E-state index < -0.39 is 11.7 Å². The topological polar surface area (TPSA) is 49.9 Å². The summed E-state index contributed by atoms with van der Waals surface area (Å²) in [7, 11) is 0. The van der Waals surface area contributed by atoms with E-state index in [0.29, 0.717) is 11.1 Å². The Morgan fingerprint density at radius 3 is 1.63 bits per heavy atom. The molecule has 19 heavy (non-hydrogen) atoms. The lowest BCUT2D eigenvalue weighted by Gasteiger charge is -2.08. The fourth-order valence-electron chi connectivity index (χ4n) is 1.69. The predicted molar refractivity (Wildman–Crippen MR) is 67.9 cm³/mol. The highest BCUT2D eigenvalue weighted by Crippen LogP contribution is 2.30. The zero-order valence-corrected chi connectivity index (χ0v) is 9.83. The minimum Gasteiger partial charge on any atom is -0.384 e. The maximum atomic E-state index is 12.4. The molecule has 0 spiro atoms. The van der Waals surface area contributed by atoms with Crippen LogP contribution < -0.4 is 5.73 Å². The van der Waals surface area contributed by atoms with Crippen molar-refractivity contribution < 1.29 is 13.2 Å². The SMILES string of the molecule is N=C(N)c1ccc(-c2ccc(C(F)(F)F)cc2)cc1. The summed E-state index contributed by atoms with van der Waals surface area (Å²) in [5.41, 5.74) is 6.70. The van der Waals surface area contributed by atoms with Gasteiger partial charge in [0.15, 0.2) is 0 Å². The van der Waals surface area contributed by atoms with E-state index in [1.54, 1.807) is 24.3 Å². The third-order valence-electron chi connectivity index (χ3n) is 2.74. The zero-order valence-electron chi connectivity index (χ0n) is 9.83. The lowest BCUT2D eigenvalue weighted by atomic mass is 10.0. The molecular formula is C14H11F3N2. The summed E-state index contributed by atoms with van der Waals surface area (Å²) in [4.78, 5) is 0. The minimum absolute atomic E-state index is 0.0426. The molecule has 2 nitrogen and oxygen atoms in total. The number of rotatable bonds is 2. The smallest absolute Gasteiger partial charge is 0.384 e. The van der Waals surface area contributed by atoms with Crippen LogP contribution in [0.4, 0.5) is 13.2 Å².